The zero-order chi connectivity index (χ0) is 24.0. The zero-order valence-electron chi connectivity index (χ0n) is 21.3. The number of fused-ring (bicyclic) bond motifs is 2. The molecule has 0 amide bonds. The Morgan fingerprint density at radius 3 is 2.29 bits per heavy atom. The molecular weight excluding hydrogens is 414 g/mol. The summed E-state index contributed by atoms with van der Waals surface area (Å²) in [6.45, 7) is 9.65. The maximum absolute atomic E-state index is 6.11. The van der Waals surface area contributed by atoms with Gasteiger partial charge in [0, 0.05) is 12.1 Å². The Kier molecular flexibility index (Phi) is 7.90. The molecule has 1 heterocycles. The van der Waals surface area contributed by atoms with Crippen LogP contribution in [0.5, 0.6) is 5.75 Å². The first kappa shape index (κ1) is 24.3. The van der Waals surface area contributed by atoms with Crippen molar-refractivity contribution < 1.29 is 4.74 Å². The van der Waals surface area contributed by atoms with E-state index in [0.29, 0.717) is 6.61 Å². The highest BCUT2D eigenvalue weighted by Gasteiger charge is 2.18. The molecule has 0 bridgehead atoms. The molecule has 0 saturated carbocycles. The lowest BCUT2D eigenvalue weighted by atomic mass is 9.86. The molecule has 34 heavy (non-hydrogen) atoms. The fourth-order valence-electron chi connectivity index (χ4n) is 4.67. The van der Waals surface area contributed by atoms with Crippen molar-refractivity contribution in [3.63, 3.8) is 0 Å². The lowest BCUT2D eigenvalue weighted by Crippen LogP contribution is -2.20. The minimum absolute atomic E-state index is 0.227. The fourth-order valence-corrected chi connectivity index (χ4v) is 4.67. The monoisotopic (exact) mass is 453 g/mol. The van der Waals surface area contributed by atoms with Gasteiger partial charge in [-0.15, -0.1) is 0 Å². The molecule has 0 aliphatic carbocycles. The van der Waals surface area contributed by atoms with Crippen LogP contribution in [0.2, 0.25) is 0 Å². The maximum atomic E-state index is 6.11. The molecule has 0 saturated heterocycles. The second kappa shape index (κ2) is 11.1. The number of rotatable bonds is 8. The molecule has 0 fully saturated rings. The van der Waals surface area contributed by atoms with E-state index in [1.54, 1.807) is 0 Å². The SMILES string of the molecule is CN(CCC=C1c2ccccc2COc2ccccc21)CCCCc1ccc(C(C)(C)C)cc1. The summed E-state index contributed by atoms with van der Waals surface area (Å²) in [5.41, 5.74) is 8.15. The Morgan fingerprint density at radius 1 is 0.824 bits per heavy atom. The van der Waals surface area contributed by atoms with Crippen LogP contribution in [0.15, 0.2) is 78.9 Å². The highest BCUT2D eigenvalue weighted by Crippen LogP contribution is 2.36. The molecule has 0 unspecified atom stereocenters. The van der Waals surface area contributed by atoms with Gasteiger partial charge in [0.15, 0.2) is 0 Å². The predicted molar refractivity (Wildman–Crippen MR) is 144 cm³/mol. The van der Waals surface area contributed by atoms with E-state index in [2.05, 4.69) is 112 Å². The predicted octanol–water partition coefficient (Wildman–Crippen LogP) is 7.65. The molecule has 2 heteroatoms. The second-order valence-electron chi connectivity index (χ2n) is 10.6. The molecule has 3 aromatic carbocycles. The second-order valence-corrected chi connectivity index (χ2v) is 10.6. The summed E-state index contributed by atoms with van der Waals surface area (Å²) >= 11 is 0. The summed E-state index contributed by atoms with van der Waals surface area (Å²) in [7, 11) is 2.24. The number of hydrogen-bond acceptors (Lipinski definition) is 2. The van der Waals surface area contributed by atoms with Crippen LogP contribution in [0.3, 0.4) is 0 Å². The normalized spacial score (nSPS) is 14.4. The van der Waals surface area contributed by atoms with Gasteiger partial charge in [-0.25, -0.2) is 0 Å². The van der Waals surface area contributed by atoms with Gasteiger partial charge in [0.05, 0.1) is 0 Å². The Bertz CT molecular complexity index is 1050. The van der Waals surface area contributed by atoms with Gasteiger partial charge < -0.3 is 9.64 Å². The van der Waals surface area contributed by atoms with Crippen molar-refractivity contribution in [2.24, 2.45) is 0 Å². The van der Waals surface area contributed by atoms with Crippen molar-refractivity contribution in [2.45, 2.75) is 58.5 Å². The van der Waals surface area contributed by atoms with Crippen LogP contribution in [0, 0.1) is 0 Å². The summed E-state index contributed by atoms with van der Waals surface area (Å²) in [5.74, 6) is 0.980. The lowest BCUT2D eigenvalue weighted by Gasteiger charge is -2.19. The van der Waals surface area contributed by atoms with E-state index in [-0.39, 0.29) is 5.41 Å². The van der Waals surface area contributed by atoms with E-state index >= 15 is 0 Å². The minimum Gasteiger partial charge on any atom is -0.488 e. The van der Waals surface area contributed by atoms with E-state index in [9.17, 15) is 0 Å². The Labute approximate surface area is 206 Å². The van der Waals surface area contributed by atoms with Crippen molar-refractivity contribution in [3.05, 3.63) is 107 Å². The quantitative estimate of drug-likeness (QED) is 0.325. The third-order valence-electron chi connectivity index (χ3n) is 6.80. The van der Waals surface area contributed by atoms with Gasteiger partial charge in [-0.2, -0.15) is 0 Å². The topological polar surface area (TPSA) is 12.5 Å². The third-order valence-corrected chi connectivity index (χ3v) is 6.80. The molecule has 1 aliphatic rings. The molecule has 178 valence electrons. The molecule has 0 N–H and O–H groups in total. The number of benzene rings is 3. The van der Waals surface area contributed by atoms with Crippen LogP contribution >= 0.6 is 0 Å². The zero-order valence-corrected chi connectivity index (χ0v) is 21.3. The highest BCUT2D eigenvalue weighted by atomic mass is 16.5. The number of ether oxygens (including phenoxy) is 1. The Balaban J connectivity index is 1.29. The summed E-state index contributed by atoms with van der Waals surface area (Å²) < 4.78 is 6.11. The van der Waals surface area contributed by atoms with Gasteiger partial charge in [-0.1, -0.05) is 93.6 Å². The fraction of sp³-hybridized carbons (Fsp3) is 0.375. The number of unbranched alkanes of at least 4 members (excludes halogenated alkanes) is 1. The first-order valence-electron chi connectivity index (χ1n) is 12.7. The molecule has 0 radical (unpaired) electrons. The molecule has 0 spiro atoms. The summed E-state index contributed by atoms with van der Waals surface area (Å²) in [5, 5.41) is 0. The van der Waals surface area contributed by atoms with E-state index in [0.717, 1.165) is 31.7 Å². The molecular formula is C32H39NO. The lowest BCUT2D eigenvalue weighted by molar-refractivity contribution is 0.307. The van der Waals surface area contributed by atoms with Gasteiger partial charge in [-0.3, -0.25) is 0 Å². The number of para-hydroxylation sites is 1. The molecule has 1 aliphatic heterocycles. The highest BCUT2D eigenvalue weighted by molar-refractivity contribution is 5.84. The van der Waals surface area contributed by atoms with Crippen LogP contribution in [0.4, 0.5) is 0 Å². The minimum atomic E-state index is 0.227. The van der Waals surface area contributed by atoms with Gasteiger partial charge in [0.1, 0.15) is 12.4 Å². The summed E-state index contributed by atoms with van der Waals surface area (Å²) in [6, 6.07) is 26.3. The number of nitrogens with zero attached hydrogens (tertiary/aromatic N) is 1. The maximum Gasteiger partial charge on any atom is 0.127 e. The molecule has 4 rings (SSSR count). The number of hydrogen-bond donors (Lipinski definition) is 0. The Hall–Kier alpha value is -2.84. The Morgan fingerprint density at radius 2 is 1.53 bits per heavy atom. The van der Waals surface area contributed by atoms with Crippen LogP contribution in [-0.2, 0) is 18.4 Å². The van der Waals surface area contributed by atoms with Crippen molar-refractivity contribution in [2.75, 3.05) is 20.1 Å². The molecule has 0 atom stereocenters. The largest absolute Gasteiger partial charge is 0.488 e. The van der Waals surface area contributed by atoms with Crippen LogP contribution in [0.1, 0.15) is 67.9 Å². The van der Waals surface area contributed by atoms with Gasteiger partial charge in [0.25, 0.3) is 0 Å². The van der Waals surface area contributed by atoms with E-state index in [1.807, 2.05) is 0 Å². The van der Waals surface area contributed by atoms with Crippen LogP contribution in [0.25, 0.3) is 5.57 Å². The van der Waals surface area contributed by atoms with E-state index in [1.165, 1.54) is 46.2 Å². The first-order chi connectivity index (χ1) is 16.4. The van der Waals surface area contributed by atoms with Gasteiger partial charge >= 0.3 is 0 Å². The number of aryl methyl sites for hydroxylation is 1. The van der Waals surface area contributed by atoms with Crippen LogP contribution < -0.4 is 4.74 Å². The summed E-state index contributed by atoms with van der Waals surface area (Å²) in [4.78, 5) is 2.46. The van der Waals surface area contributed by atoms with Crippen molar-refractivity contribution in [3.8, 4) is 5.75 Å². The van der Waals surface area contributed by atoms with Crippen molar-refractivity contribution in [1.29, 1.82) is 0 Å². The average Bonchev–Trinajstić information content (AvgIpc) is 2.99. The van der Waals surface area contributed by atoms with Crippen LogP contribution in [-0.4, -0.2) is 25.0 Å². The summed E-state index contributed by atoms with van der Waals surface area (Å²) in [6.07, 6.45) is 7.06. The molecule has 2 nitrogen and oxygen atoms in total. The molecule has 0 aromatic heterocycles. The van der Waals surface area contributed by atoms with Gasteiger partial charge in [0.2, 0.25) is 0 Å². The van der Waals surface area contributed by atoms with Crippen molar-refractivity contribution in [1.82, 2.24) is 4.90 Å². The molecule has 3 aromatic rings. The van der Waals surface area contributed by atoms with Crippen molar-refractivity contribution >= 4 is 5.57 Å². The van der Waals surface area contributed by atoms with E-state index < -0.39 is 0 Å². The van der Waals surface area contributed by atoms with E-state index in [4.69, 9.17) is 4.74 Å². The average molecular weight is 454 g/mol. The third kappa shape index (κ3) is 6.18. The smallest absolute Gasteiger partial charge is 0.127 e. The standard InChI is InChI=1S/C32H39NO/c1-32(2,3)27-20-18-25(19-21-27)12-9-10-22-33(4)23-11-16-29-28-14-6-5-13-26(28)24-34-31-17-8-7-15-30(29)31/h5-8,13-21H,9-12,22-24H2,1-4H3. The first-order valence-corrected chi connectivity index (χ1v) is 12.7. The van der Waals surface area contributed by atoms with Gasteiger partial charge in [-0.05, 0) is 78.6 Å².